The van der Waals surface area contributed by atoms with Gasteiger partial charge in [-0.15, -0.1) is 0 Å². The average Bonchev–Trinajstić information content (AvgIpc) is 2.81. The molecule has 1 amide bonds. The molecule has 150 valence electrons. The fraction of sp³-hybridized carbons (Fsp3) is 0.160. The quantitative estimate of drug-likeness (QED) is 0.602. The van der Waals surface area contributed by atoms with Crippen LogP contribution in [0.2, 0.25) is 0 Å². The zero-order valence-corrected chi connectivity index (χ0v) is 16.7. The van der Waals surface area contributed by atoms with Crippen molar-refractivity contribution in [2.45, 2.75) is 12.8 Å². The first-order valence-electron chi connectivity index (χ1n) is 9.67. The molecular formula is C25H22N2O3. The van der Waals surface area contributed by atoms with Crippen molar-refractivity contribution in [2.75, 3.05) is 13.2 Å². The van der Waals surface area contributed by atoms with E-state index < -0.39 is 5.97 Å². The molecule has 5 heteroatoms. The first-order chi connectivity index (χ1) is 14.6. The van der Waals surface area contributed by atoms with E-state index in [2.05, 4.69) is 11.4 Å². The number of hydrogen-bond donors (Lipinski definition) is 1. The lowest BCUT2D eigenvalue weighted by Crippen LogP contribution is -2.31. The first-order valence-corrected chi connectivity index (χ1v) is 9.67. The Morgan fingerprint density at radius 1 is 0.933 bits per heavy atom. The Balaban J connectivity index is 1.62. The molecule has 0 unspecified atom stereocenters. The summed E-state index contributed by atoms with van der Waals surface area (Å²) in [5, 5.41) is 12.1. The number of nitriles is 1. The summed E-state index contributed by atoms with van der Waals surface area (Å²) >= 11 is 0. The van der Waals surface area contributed by atoms with Gasteiger partial charge in [-0.3, -0.25) is 4.79 Å². The standard InChI is InChI=1S/C25H22N2O3/c1-18(19-9-3-2-4-10-19)16-27-24(28)17-30-25(29)23-14-8-7-13-22(23)21-12-6-5-11-20(21)15-26/h2-14,18H,16-17H2,1H3,(H,27,28)/t18-/m0/s1. The third-order valence-corrected chi connectivity index (χ3v) is 4.79. The molecule has 0 fully saturated rings. The normalized spacial score (nSPS) is 11.2. The van der Waals surface area contributed by atoms with Crippen molar-refractivity contribution < 1.29 is 14.3 Å². The van der Waals surface area contributed by atoms with E-state index in [0.717, 1.165) is 5.56 Å². The second-order valence-corrected chi connectivity index (χ2v) is 6.89. The molecule has 0 aliphatic rings. The lowest BCUT2D eigenvalue weighted by atomic mass is 9.96. The molecule has 5 nitrogen and oxygen atoms in total. The summed E-state index contributed by atoms with van der Waals surface area (Å²) in [7, 11) is 0. The van der Waals surface area contributed by atoms with E-state index >= 15 is 0 Å². The van der Waals surface area contributed by atoms with Crippen LogP contribution in [0.1, 0.15) is 34.3 Å². The Bertz CT molecular complexity index is 1070. The van der Waals surface area contributed by atoms with Gasteiger partial charge < -0.3 is 10.1 Å². The maximum absolute atomic E-state index is 12.6. The van der Waals surface area contributed by atoms with Gasteiger partial charge in [0, 0.05) is 12.1 Å². The second-order valence-electron chi connectivity index (χ2n) is 6.89. The number of carbonyl (C=O) groups is 2. The summed E-state index contributed by atoms with van der Waals surface area (Å²) in [6, 6.07) is 25.9. The Morgan fingerprint density at radius 3 is 2.30 bits per heavy atom. The fourth-order valence-electron chi connectivity index (χ4n) is 3.14. The molecule has 1 atom stereocenters. The number of nitrogens with one attached hydrogen (secondary N) is 1. The third-order valence-electron chi connectivity index (χ3n) is 4.79. The molecule has 3 aromatic rings. The Hall–Kier alpha value is -3.91. The predicted molar refractivity (Wildman–Crippen MR) is 115 cm³/mol. The minimum absolute atomic E-state index is 0.147. The summed E-state index contributed by atoms with van der Waals surface area (Å²) in [6.45, 7) is 2.10. The fourth-order valence-corrected chi connectivity index (χ4v) is 3.14. The molecule has 0 saturated carbocycles. The van der Waals surface area contributed by atoms with Crippen molar-refractivity contribution in [2.24, 2.45) is 0 Å². The second kappa shape index (κ2) is 10.0. The van der Waals surface area contributed by atoms with Crippen LogP contribution in [0, 0.1) is 11.3 Å². The molecule has 1 N–H and O–H groups in total. The van der Waals surface area contributed by atoms with Gasteiger partial charge in [0.25, 0.3) is 5.91 Å². The summed E-state index contributed by atoms with van der Waals surface area (Å²) in [6.07, 6.45) is 0. The average molecular weight is 398 g/mol. The van der Waals surface area contributed by atoms with E-state index in [9.17, 15) is 14.9 Å². The topological polar surface area (TPSA) is 79.2 Å². The first kappa shape index (κ1) is 20.8. The van der Waals surface area contributed by atoms with Gasteiger partial charge in [0.2, 0.25) is 0 Å². The molecular weight excluding hydrogens is 376 g/mol. The molecule has 3 rings (SSSR count). The van der Waals surface area contributed by atoms with Crippen molar-refractivity contribution in [3.8, 4) is 17.2 Å². The number of esters is 1. The van der Waals surface area contributed by atoms with E-state index in [0.29, 0.717) is 28.8 Å². The van der Waals surface area contributed by atoms with Crippen LogP contribution < -0.4 is 5.32 Å². The number of benzene rings is 3. The van der Waals surface area contributed by atoms with Gasteiger partial charge in [0.1, 0.15) is 0 Å². The van der Waals surface area contributed by atoms with Gasteiger partial charge >= 0.3 is 5.97 Å². The molecule has 0 aromatic heterocycles. The Kier molecular flexibility index (Phi) is 6.96. The Labute approximate surface area is 175 Å². The van der Waals surface area contributed by atoms with Gasteiger partial charge in [-0.05, 0) is 29.2 Å². The van der Waals surface area contributed by atoms with Crippen molar-refractivity contribution in [1.29, 1.82) is 5.26 Å². The van der Waals surface area contributed by atoms with Crippen molar-refractivity contribution in [1.82, 2.24) is 5.32 Å². The third kappa shape index (κ3) is 5.12. The van der Waals surface area contributed by atoms with E-state index in [4.69, 9.17) is 4.74 Å². The van der Waals surface area contributed by atoms with E-state index in [-0.39, 0.29) is 18.4 Å². The summed E-state index contributed by atoms with van der Waals surface area (Å²) < 4.78 is 5.23. The number of carbonyl (C=O) groups excluding carboxylic acids is 2. The predicted octanol–water partition coefficient (Wildman–Crippen LogP) is 4.30. The molecule has 30 heavy (non-hydrogen) atoms. The minimum Gasteiger partial charge on any atom is -0.452 e. The van der Waals surface area contributed by atoms with Crippen LogP contribution in [0.3, 0.4) is 0 Å². The summed E-state index contributed by atoms with van der Waals surface area (Å²) in [5.74, 6) is -0.820. The van der Waals surface area contributed by atoms with Gasteiger partial charge in [-0.1, -0.05) is 73.7 Å². The van der Waals surface area contributed by atoms with E-state index in [1.807, 2.05) is 37.3 Å². The maximum atomic E-state index is 12.6. The lowest BCUT2D eigenvalue weighted by molar-refractivity contribution is -0.124. The number of rotatable bonds is 7. The molecule has 3 aromatic carbocycles. The van der Waals surface area contributed by atoms with Crippen LogP contribution in [0.4, 0.5) is 0 Å². The van der Waals surface area contributed by atoms with E-state index in [1.165, 1.54) is 0 Å². The lowest BCUT2D eigenvalue weighted by Gasteiger charge is -2.14. The number of hydrogen-bond acceptors (Lipinski definition) is 4. The number of ether oxygens (including phenoxy) is 1. The van der Waals surface area contributed by atoms with Crippen LogP contribution in [-0.4, -0.2) is 25.0 Å². The van der Waals surface area contributed by atoms with Crippen LogP contribution in [0.15, 0.2) is 78.9 Å². The minimum atomic E-state index is -0.607. The monoisotopic (exact) mass is 398 g/mol. The highest BCUT2D eigenvalue weighted by atomic mass is 16.5. The smallest absolute Gasteiger partial charge is 0.339 e. The van der Waals surface area contributed by atoms with Gasteiger partial charge in [-0.25, -0.2) is 4.79 Å². The van der Waals surface area contributed by atoms with E-state index in [1.54, 1.807) is 48.5 Å². The summed E-state index contributed by atoms with van der Waals surface area (Å²) in [5.41, 5.74) is 3.14. The Morgan fingerprint density at radius 2 is 1.57 bits per heavy atom. The molecule has 0 saturated heterocycles. The molecule has 0 aliphatic heterocycles. The number of amides is 1. The SMILES string of the molecule is C[C@@H](CNC(=O)COC(=O)c1ccccc1-c1ccccc1C#N)c1ccccc1. The van der Waals surface area contributed by atoms with Crippen molar-refractivity contribution in [3.63, 3.8) is 0 Å². The zero-order chi connectivity index (χ0) is 21.3. The van der Waals surface area contributed by atoms with Crippen molar-refractivity contribution in [3.05, 3.63) is 95.6 Å². The molecule has 0 radical (unpaired) electrons. The molecule has 0 spiro atoms. The van der Waals surface area contributed by atoms with Crippen LogP contribution in [0.25, 0.3) is 11.1 Å². The molecule has 0 aliphatic carbocycles. The number of nitrogens with zero attached hydrogens (tertiary/aromatic N) is 1. The van der Waals surface area contributed by atoms with Crippen molar-refractivity contribution >= 4 is 11.9 Å². The highest BCUT2D eigenvalue weighted by Crippen LogP contribution is 2.27. The summed E-state index contributed by atoms with van der Waals surface area (Å²) in [4.78, 5) is 24.8. The highest BCUT2D eigenvalue weighted by Gasteiger charge is 2.17. The van der Waals surface area contributed by atoms with Gasteiger partial charge in [-0.2, -0.15) is 5.26 Å². The molecule has 0 heterocycles. The maximum Gasteiger partial charge on any atom is 0.339 e. The van der Waals surface area contributed by atoms with Gasteiger partial charge in [0.05, 0.1) is 17.2 Å². The zero-order valence-electron chi connectivity index (χ0n) is 16.7. The van der Waals surface area contributed by atoms with Crippen LogP contribution in [-0.2, 0) is 9.53 Å². The van der Waals surface area contributed by atoms with Crippen LogP contribution >= 0.6 is 0 Å². The highest BCUT2D eigenvalue weighted by molar-refractivity contribution is 5.98. The molecule has 0 bridgehead atoms. The van der Waals surface area contributed by atoms with Crippen LogP contribution in [0.5, 0.6) is 0 Å². The van der Waals surface area contributed by atoms with Gasteiger partial charge in [0.15, 0.2) is 6.61 Å². The largest absolute Gasteiger partial charge is 0.452 e.